The molecular weight excluding hydrogens is 414 g/mol. The van der Waals surface area contributed by atoms with Crippen molar-refractivity contribution in [1.29, 1.82) is 0 Å². The van der Waals surface area contributed by atoms with E-state index < -0.39 is 17.7 Å². The van der Waals surface area contributed by atoms with Gasteiger partial charge >= 0.3 is 0 Å². The molecule has 0 aromatic heterocycles. The number of aliphatic hydroxyl groups excluding tert-OH is 1. The fourth-order valence-electron chi connectivity index (χ4n) is 5.71. The summed E-state index contributed by atoms with van der Waals surface area (Å²) in [5.41, 5.74) is 4.14. The molecule has 2 aromatic carbocycles. The average Bonchev–Trinajstić information content (AvgIpc) is 3.45. The molecule has 2 aliphatic carbocycles. The zero-order valence-electron chi connectivity index (χ0n) is 19.2. The topological polar surface area (TPSA) is 66.8 Å². The van der Waals surface area contributed by atoms with Crippen molar-refractivity contribution in [2.75, 3.05) is 6.61 Å². The van der Waals surface area contributed by atoms with Crippen molar-refractivity contribution < 1.29 is 19.4 Å². The number of carbonyl (C=O) groups excluding carboxylic acids is 2. The molecule has 1 amide bonds. The van der Waals surface area contributed by atoms with Crippen LogP contribution in [0.1, 0.15) is 73.7 Å². The van der Waals surface area contributed by atoms with Crippen molar-refractivity contribution >= 4 is 17.4 Å². The van der Waals surface area contributed by atoms with Gasteiger partial charge in [0, 0.05) is 11.6 Å². The lowest BCUT2D eigenvalue weighted by Gasteiger charge is -2.31. The van der Waals surface area contributed by atoms with Crippen LogP contribution in [0.25, 0.3) is 5.76 Å². The molecular formula is C28H31NO4. The minimum Gasteiger partial charge on any atom is -0.507 e. The molecule has 1 aliphatic heterocycles. The number of hydrogen-bond acceptors (Lipinski definition) is 4. The van der Waals surface area contributed by atoms with Crippen molar-refractivity contribution in [3.63, 3.8) is 0 Å². The molecule has 3 aliphatic rings. The SMILES string of the molecule is CCOc1cccc(C2/C(=C(/O)c3ccc4c(c3)CCCC4)C(=O)C(=O)N2C2CCCC2)c1. The Labute approximate surface area is 195 Å². The van der Waals surface area contributed by atoms with Crippen LogP contribution in [0.4, 0.5) is 0 Å². The summed E-state index contributed by atoms with van der Waals surface area (Å²) in [6.45, 7) is 2.45. The lowest BCUT2D eigenvalue weighted by atomic mass is 9.88. The summed E-state index contributed by atoms with van der Waals surface area (Å²) < 4.78 is 5.70. The minimum atomic E-state index is -0.607. The quantitative estimate of drug-likeness (QED) is 0.384. The Bertz CT molecular complexity index is 1110. The van der Waals surface area contributed by atoms with Gasteiger partial charge in [-0.1, -0.05) is 37.1 Å². The molecule has 1 saturated heterocycles. The maximum Gasteiger partial charge on any atom is 0.295 e. The monoisotopic (exact) mass is 445 g/mol. The van der Waals surface area contributed by atoms with E-state index in [1.165, 1.54) is 17.5 Å². The van der Waals surface area contributed by atoms with Crippen LogP contribution < -0.4 is 4.74 Å². The fourth-order valence-corrected chi connectivity index (χ4v) is 5.71. The zero-order chi connectivity index (χ0) is 22.9. The number of fused-ring (bicyclic) bond motifs is 1. The first-order chi connectivity index (χ1) is 16.1. The Morgan fingerprint density at radius 3 is 2.52 bits per heavy atom. The Morgan fingerprint density at radius 1 is 1.00 bits per heavy atom. The van der Waals surface area contributed by atoms with Crippen LogP contribution in [0, 0.1) is 0 Å². The summed E-state index contributed by atoms with van der Waals surface area (Å²) in [7, 11) is 0. The highest BCUT2D eigenvalue weighted by molar-refractivity contribution is 6.46. The van der Waals surface area contributed by atoms with Crippen molar-refractivity contribution in [2.24, 2.45) is 0 Å². The molecule has 1 N–H and O–H groups in total. The van der Waals surface area contributed by atoms with E-state index in [-0.39, 0.29) is 17.4 Å². The molecule has 1 saturated carbocycles. The first-order valence-corrected chi connectivity index (χ1v) is 12.2. The largest absolute Gasteiger partial charge is 0.507 e. The standard InChI is InChI=1S/C28H31NO4/c1-2-33-23-13-7-10-20(17-23)25-24(27(31)28(32)29(25)22-11-5-6-12-22)26(30)21-15-14-18-8-3-4-9-19(18)16-21/h7,10,13-17,22,25,30H,2-6,8-9,11-12H2,1H3/b26-24-. The lowest BCUT2D eigenvalue weighted by molar-refractivity contribution is -0.141. The van der Waals surface area contributed by atoms with Crippen molar-refractivity contribution in [1.82, 2.24) is 4.90 Å². The Balaban J connectivity index is 1.64. The van der Waals surface area contributed by atoms with E-state index in [1.54, 1.807) is 4.90 Å². The molecule has 1 unspecified atom stereocenters. The van der Waals surface area contributed by atoms with Crippen LogP contribution in [0.2, 0.25) is 0 Å². The summed E-state index contributed by atoms with van der Waals surface area (Å²) >= 11 is 0. The molecule has 172 valence electrons. The second kappa shape index (κ2) is 9.05. The van der Waals surface area contributed by atoms with Gasteiger partial charge in [0.05, 0.1) is 18.2 Å². The highest BCUT2D eigenvalue weighted by Crippen LogP contribution is 2.44. The van der Waals surface area contributed by atoms with Gasteiger partial charge in [0.1, 0.15) is 11.5 Å². The molecule has 0 bridgehead atoms. The normalized spacial score (nSPS) is 22.6. The number of nitrogens with zero attached hydrogens (tertiary/aromatic N) is 1. The Morgan fingerprint density at radius 2 is 1.76 bits per heavy atom. The highest BCUT2D eigenvalue weighted by atomic mass is 16.5. The number of benzene rings is 2. The molecule has 33 heavy (non-hydrogen) atoms. The van der Waals surface area contributed by atoms with Gasteiger partial charge in [-0.05, 0) is 80.3 Å². The van der Waals surface area contributed by atoms with Gasteiger partial charge in [0.25, 0.3) is 11.7 Å². The van der Waals surface area contributed by atoms with Crippen molar-refractivity contribution in [3.05, 3.63) is 70.3 Å². The predicted octanol–water partition coefficient (Wildman–Crippen LogP) is 5.33. The van der Waals surface area contributed by atoms with Crippen LogP contribution in [-0.2, 0) is 22.4 Å². The lowest BCUT2D eigenvalue weighted by Crippen LogP contribution is -2.37. The van der Waals surface area contributed by atoms with Gasteiger partial charge in [-0.25, -0.2) is 0 Å². The number of aryl methyl sites for hydroxylation is 2. The maximum atomic E-state index is 13.3. The van der Waals surface area contributed by atoms with E-state index in [2.05, 4.69) is 6.07 Å². The molecule has 0 radical (unpaired) electrons. The fraction of sp³-hybridized carbons (Fsp3) is 0.429. The Hall–Kier alpha value is -3.08. The number of hydrogen-bond donors (Lipinski definition) is 1. The highest BCUT2D eigenvalue weighted by Gasteiger charge is 2.49. The van der Waals surface area contributed by atoms with Gasteiger partial charge in [-0.3, -0.25) is 9.59 Å². The molecule has 1 heterocycles. The first kappa shape index (κ1) is 21.7. The summed E-state index contributed by atoms with van der Waals surface area (Å²) in [4.78, 5) is 28.3. The molecule has 0 spiro atoms. The van der Waals surface area contributed by atoms with Gasteiger partial charge < -0.3 is 14.7 Å². The van der Waals surface area contributed by atoms with Crippen LogP contribution in [0.15, 0.2) is 48.0 Å². The third-order valence-corrected chi connectivity index (χ3v) is 7.30. The maximum absolute atomic E-state index is 13.3. The smallest absolute Gasteiger partial charge is 0.295 e. The Kier molecular flexibility index (Phi) is 5.96. The molecule has 2 aromatic rings. The number of aliphatic hydroxyl groups is 1. The van der Waals surface area contributed by atoms with Gasteiger partial charge in [0.2, 0.25) is 0 Å². The van der Waals surface area contributed by atoms with Gasteiger partial charge in [-0.15, -0.1) is 0 Å². The summed E-state index contributed by atoms with van der Waals surface area (Å²) in [6, 6.07) is 12.9. The summed E-state index contributed by atoms with van der Waals surface area (Å²) in [5, 5.41) is 11.4. The van der Waals surface area contributed by atoms with E-state index >= 15 is 0 Å². The van der Waals surface area contributed by atoms with Gasteiger partial charge in [0.15, 0.2) is 0 Å². The minimum absolute atomic E-state index is 0.0102. The number of Topliss-reactive ketones (excluding diaryl/α,β-unsaturated/α-hetero) is 1. The van der Waals surface area contributed by atoms with Crippen molar-refractivity contribution in [2.45, 2.75) is 70.4 Å². The summed E-state index contributed by atoms with van der Waals surface area (Å²) in [6.07, 6.45) is 8.20. The molecule has 5 rings (SSSR count). The van der Waals surface area contributed by atoms with Crippen LogP contribution >= 0.6 is 0 Å². The van der Waals surface area contributed by atoms with Crippen LogP contribution in [0.5, 0.6) is 5.75 Å². The van der Waals surface area contributed by atoms with Crippen LogP contribution in [-0.4, -0.2) is 34.3 Å². The van der Waals surface area contributed by atoms with E-state index in [1.807, 2.05) is 43.3 Å². The molecule has 1 atom stereocenters. The predicted molar refractivity (Wildman–Crippen MR) is 127 cm³/mol. The van der Waals surface area contributed by atoms with E-state index in [0.717, 1.165) is 50.5 Å². The van der Waals surface area contributed by atoms with E-state index in [9.17, 15) is 14.7 Å². The second-order valence-electron chi connectivity index (χ2n) is 9.34. The number of ketones is 1. The third kappa shape index (κ3) is 3.94. The van der Waals surface area contributed by atoms with Gasteiger partial charge in [-0.2, -0.15) is 0 Å². The van der Waals surface area contributed by atoms with Crippen LogP contribution in [0.3, 0.4) is 0 Å². The first-order valence-electron chi connectivity index (χ1n) is 12.2. The number of amides is 1. The van der Waals surface area contributed by atoms with Crippen molar-refractivity contribution in [3.8, 4) is 5.75 Å². The average molecular weight is 446 g/mol. The second-order valence-corrected chi connectivity index (χ2v) is 9.34. The molecule has 5 heteroatoms. The van der Waals surface area contributed by atoms with E-state index in [4.69, 9.17) is 4.74 Å². The third-order valence-electron chi connectivity index (χ3n) is 7.30. The number of rotatable bonds is 5. The molecule has 5 nitrogen and oxygen atoms in total. The molecule has 2 fully saturated rings. The number of likely N-dealkylation sites (tertiary alicyclic amines) is 1. The summed E-state index contributed by atoms with van der Waals surface area (Å²) in [5.74, 6) is -0.480. The number of ether oxygens (including phenoxy) is 1. The zero-order valence-corrected chi connectivity index (χ0v) is 19.2. The van der Waals surface area contributed by atoms with E-state index in [0.29, 0.717) is 17.9 Å². The number of carbonyl (C=O) groups is 2.